The first kappa shape index (κ1) is 9.34. The molecule has 1 heterocycles. The highest BCUT2D eigenvalue weighted by Crippen LogP contribution is 2.67. The van der Waals surface area contributed by atoms with Crippen molar-refractivity contribution in [3.63, 3.8) is 0 Å². The molecule has 1 aliphatic heterocycles. The molecule has 0 amide bonds. The van der Waals surface area contributed by atoms with Crippen LogP contribution in [0, 0.1) is 6.92 Å². The van der Waals surface area contributed by atoms with E-state index in [2.05, 4.69) is 44.2 Å². The summed E-state index contributed by atoms with van der Waals surface area (Å²) >= 11 is 0. The van der Waals surface area contributed by atoms with Gasteiger partial charge in [0.25, 0.3) is 0 Å². The Hall–Kier alpha value is -1.60. The highest BCUT2D eigenvalue weighted by molar-refractivity contribution is 6.68. The molecule has 1 heteroatoms. The van der Waals surface area contributed by atoms with Crippen LogP contribution in [0.25, 0.3) is 16.7 Å². The first-order chi connectivity index (χ1) is 8.79. The molecule has 0 nitrogen and oxygen atoms in total. The third-order valence-electron chi connectivity index (χ3n) is 4.67. The topological polar surface area (TPSA) is 0 Å². The van der Waals surface area contributed by atoms with Gasteiger partial charge in [-0.2, -0.15) is 0 Å². The Morgan fingerprint density at radius 1 is 0.944 bits per heavy atom. The van der Waals surface area contributed by atoms with Gasteiger partial charge < -0.3 is 0 Å². The fourth-order valence-corrected chi connectivity index (χ4v) is 5.41. The van der Waals surface area contributed by atoms with Gasteiger partial charge in [0.05, 0.1) is 0 Å². The zero-order valence-electron chi connectivity index (χ0n) is 10.5. The van der Waals surface area contributed by atoms with Crippen LogP contribution in [0.5, 0.6) is 0 Å². The molecule has 4 aliphatic rings. The maximum atomic E-state index is 2.33. The lowest BCUT2D eigenvalue weighted by Crippen LogP contribution is -2.18. The van der Waals surface area contributed by atoms with Crippen LogP contribution < -0.4 is 5.19 Å². The molecule has 0 saturated carbocycles. The summed E-state index contributed by atoms with van der Waals surface area (Å²) in [5.41, 5.74) is 11.2. The Balaban J connectivity index is 1.92. The lowest BCUT2D eigenvalue weighted by molar-refractivity contribution is 1.30. The van der Waals surface area contributed by atoms with Crippen LogP contribution in [0.4, 0.5) is 0 Å². The van der Waals surface area contributed by atoms with Crippen LogP contribution in [0.15, 0.2) is 35.5 Å². The maximum absolute atomic E-state index is 2.33. The molecule has 2 aromatic carbocycles. The van der Waals surface area contributed by atoms with Crippen molar-refractivity contribution in [1.29, 1.82) is 0 Å². The van der Waals surface area contributed by atoms with E-state index in [4.69, 9.17) is 0 Å². The number of hydrogen-bond acceptors (Lipinski definition) is 0. The predicted molar refractivity (Wildman–Crippen MR) is 76.4 cm³/mol. The molecule has 2 aromatic rings. The van der Waals surface area contributed by atoms with Crippen molar-refractivity contribution in [2.24, 2.45) is 0 Å². The summed E-state index contributed by atoms with van der Waals surface area (Å²) in [6, 6.07) is 10.9. The minimum absolute atomic E-state index is 0.703. The zero-order valence-corrected chi connectivity index (χ0v) is 11.5. The number of allylic oxidation sites excluding steroid dienone is 2. The molecule has 0 N–H and O–H groups in total. The summed E-state index contributed by atoms with van der Waals surface area (Å²) < 4.78 is 0. The van der Waals surface area contributed by atoms with Crippen molar-refractivity contribution in [2.45, 2.75) is 19.8 Å². The van der Waals surface area contributed by atoms with Gasteiger partial charge in [-0.15, -0.1) is 0 Å². The Morgan fingerprint density at radius 2 is 1.72 bits per heavy atom. The van der Waals surface area contributed by atoms with Crippen LogP contribution in [0.1, 0.15) is 35.1 Å². The minimum Gasteiger partial charge on any atom is -0.0776 e. The lowest BCUT2D eigenvalue weighted by atomic mass is 9.92. The molecule has 1 unspecified atom stereocenters. The molecule has 2 radical (unpaired) electrons. The Kier molecular flexibility index (Phi) is 1.40. The summed E-state index contributed by atoms with van der Waals surface area (Å²) in [5, 5.41) is 3.29. The van der Waals surface area contributed by atoms with Gasteiger partial charge in [-0.3, -0.25) is 0 Å². The highest BCUT2D eigenvalue weighted by Gasteiger charge is 2.53. The van der Waals surface area contributed by atoms with Crippen LogP contribution in [-0.4, -0.2) is 9.52 Å². The van der Waals surface area contributed by atoms with Crippen molar-refractivity contribution >= 4 is 20.3 Å². The highest BCUT2D eigenvalue weighted by atomic mass is 28.2. The first-order valence-electron chi connectivity index (χ1n) is 6.53. The van der Waals surface area contributed by atoms with E-state index in [9.17, 15) is 0 Å². The van der Waals surface area contributed by atoms with Crippen LogP contribution >= 0.6 is 0 Å². The monoisotopic (exact) mass is 244 g/mol. The van der Waals surface area contributed by atoms with E-state index in [0.29, 0.717) is 5.92 Å². The summed E-state index contributed by atoms with van der Waals surface area (Å²) in [7, 11) is 0.929. The van der Waals surface area contributed by atoms with E-state index in [-0.39, 0.29) is 0 Å². The van der Waals surface area contributed by atoms with Crippen molar-refractivity contribution in [3.8, 4) is 11.1 Å². The smallest absolute Gasteiger partial charge is 0.0776 e. The van der Waals surface area contributed by atoms with Gasteiger partial charge in [0.2, 0.25) is 0 Å². The molecular weight excluding hydrogens is 232 g/mol. The molecule has 84 valence electrons. The molecule has 1 atom stereocenters. The van der Waals surface area contributed by atoms with E-state index in [0.717, 1.165) is 9.52 Å². The molecule has 18 heavy (non-hydrogen) atoms. The van der Waals surface area contributed by atoms with Gasteiger partial charge in [0.15, 0.2) is 0 Å². The maximum Gasteiger partial charge on any atom is 0.117 e. The Bertz CT molecular complexity index is 766. The van der Waals surface area contributed by atoms with Crippen molar-refractivity contribution < 1.29 is 0 Å². The van der Waals surface area contributed by atoms with Gasteiger partial charge >= 0.3 is 0 Å². The number of benzene rings is 2. The van der Waals surface area contributed by atoms with E-state index in [1.54, 1.807) is 43.8 Å². The van der Waals surface area contributed by atoms with Crippen LogP contribution in [0.2, 0.25) is 0 Å². The number of rotatable bonds is 1. The van der Waals surface area contributed by atoms with Gasteiger partial charge in [0.1, 0.15) is 9.52 Å². The van der Waals surface area contributed by atoms with Crippen molar-refractivity contribution in [3.05, 3.63) is 57.8 Å². The second-order valence-corrected chi connectivity index (χ2v) is 7.04. The summed E-state index contributed by atoms with van der Waals surface area (Å²) in [6.45, 7) is 4.66. The third-order valence-corrected chi connectivity index (χ3v) is 6.19. The molecule has 3 aliphatic carbocycles. The second kappa shape index (κ2) is 2.70. The van der Waals surface area contributed by atoms with E-state index in [1.807, 2.05) is 0 Å². The van der Waals surface area contributed by atoms with E-state index >= 15 is 0 Å². The molecule has 0 spiro atoms. The molecule has 6 rings (SSSR count). The van der Waals surface area contributed by atoms with Gasteiger partial charge in [-0.05, 0) is 58.0 Å². The molecule has 0 aromatic heterocycles. The quantitative estimate of drug-likeness (QED) is 0.676. The SMILES string of the molecule is CC1=C2c3c(c(C)c4c(c3-c3ccccc3)C24)[Si]1. The average Bonchev–Trinajstić information content (AvgIpc) is 2.91. The van der Waals surface area contributed by atoms with Gasteiger partial charge in [-0.1, -0.05) is 35.5 Å². The summed E-state index contributed by atoms with van der Waals surface area (Å²) in [5.74, 6) is 0.703. The normalized spacial score (nSPS) is 20.9. The fourth-order valence-electron chi connectivity index (χ4n) is 3.92. The molecule has 6 bridgehead atoms. The van der Waals surface area contributed by atoms with Crippen molar-refractivity contribution in [2.75, 3.05) is 0 Å². The predicted octanol–water partition coefficient (Wildman–Crippen LogP) is 3.20. The average molecular weight is 244 g/mol. The van der Waals surface area contributed by atoms with Gasteiger partial charge in [-0.25, -0.2) is 0 Å². The van der Waals surface area contributed by atoms with Gasteiger partial charge in [0, 0.05) is 5.92 Å². The summed E-state index contributed by atoms with van der Waals surface area (Å²) in [6.07, 6.45) is 0. The van der Waals surface area contributed by atoms with Crippen LogP contribution in [0.3, 0.4) is 0 Å². The Labute approximate surface area is 109 Å². The van der Waals surface area contributed by atoms with Crippen LogP contribution in [-0.2, 0) is 0 Å². The summed E-state index contributed by atoms with van der Waals surface area (Å²) in [4.78, 5) is 0. The lowest BCUT2D eigenvalue weighted by Gasteiger charge is -2.13. The fraction of sp³-hybridized carbons (Fsp3) is 0.176. The second-order valence-electron chi connectivity index (χ2n) is 5.54. The van der Waals surface area contributed by atoms with E-state index < -0.39 is 0 Å². The minimum atomic E-state index is 0.703. The first-order valence-corrected chi connectivity index (χ1v) is 7.53. The third kappa shape index (κ3) is 0.812. The standard InChI is InChI=1S/C17H12Si/c1-8-11-14-12-9(2)18-17(8)16(12)13(15(11)14)10-6-4-3-5-7-10/h3-7,14H,1-2H3. The zero-order chi connectivity index (χ0) is 12.0. The van der Waals surface area contributed by atoms with E-state index in [1.165, 1.54) is 5.56 Å². The molecule has 0 fully saturated rings. The van der Waals surface area contributed by atoms with Crippen molar-refractivity contribution in [1.82, 2.24) is 0 Å². The largest absolute Gasteiger partial charge is 0.117 e. The molecular formula is C17H12Si. The Morgan fingerprint density at radius 3 is 2.50 bits per heavy atom. The number of hydrogen-bond donors (Lipinski definition) is 0. The molecule has 0 saturated heterocycles.